The van der Waals surface area contributed by atoms with E-state index >= 15 is 0 Å². The Labute approximate surface area is 158 Å². The van der Waals surface area contributed by atoms with Gasteiger partial charge in [-0.05, 0) is 43.1 Å². The first kappa shape index (κ1) is 22.3. The molecule has 26 heavy (non-hydrogen) atoms. The van der Waals surface area contributed by atoms with Crippen molar-refractivity contribution in [2.75, 3.05) is 14.2 Å². The molecular formula is C19H32N2O4Si. The van der Waals surface area contributed by atoms with Crippen LogP contribution in [0.25, 0.3) is 0 Å². The maximum absolute atomic E-state index is 9.71. The summed E-state index contributed by atoms with van der Waals surface area (Å²) in [7, 11) is 1.09. The molecule has 0 saturated carbocycles. The standard InChI is InChI=1S/C19H32N2O4Si/c1-12-17(23-5)13(9-14(21)15(22)11-20)10-16(18(12)24-6)25-26(7,8)19(2,3)4/h10,14-15,22H,9,21H2,1-8H3/t14-,15?/m0/s1. The number of nitriles is 1. The quantitative estimate of drug-likeness (QED) is 0.557. The maximum Gasteiger partial charge on any atom is 0.250 e. The summed E-state index contributed by atoms with van der Waals surface area (Å²) in [6, 6.07) is 2.91. The third kappa shape index (κ3) is 4.70. The van der Waals surface area contributed by atoms with Crippen molar-refractivity contribution in [1.29, 1.82) is 5.26 Å². The van der Waals surface area contributed by atoms with Crippen molar-refractivity contribution in [2.24, 2.45) is 5.73 Å². The molecule has 1 aromatic rings. The van der Waals surface area contributed by atoms with E-state index in [0.29, 0.717) is 17.2 Å². The third-order valence-corrected chi connectivity index (χ3v) is 9.42. The average molecular weight is 381 g/mol. The zero-order chi connectivity index (χ0) is 20.3. The van der Waals surface area contributed by atoms with Crippen LogP contribution in [0.4, 0.5) is 0 Å². The molecule has 0 fully saturated rings. The highest BCUT2D eigenvalue weighted by Crippen LogP contribution is 2.44. The van der Waals surface area contributed by atoms with Gasteiger partial charge in [0.15, 0.2) is 11.9 Å². The molecule has 0 heterocycles. The number of aliphatic hydroxyl groups is 1. The van der Waals surface area contributed by atoms with E-state index in [0.717, 1.165) is 11.1 Å². The molecule has 0 spiro atoms. The predicted molar refractivity (Wildman–Crippen MR) is 105 cm³/mol. The summed E-state index contributed by atoms with van der Waals surface area (Å²) in [5, 5.41) is 18.6. The van der Waals surface area contributed by atoms with Gasteiger partial charge in [-0.3, -0.25) is 0 Å². The van der Waals surface area contributed by atoms with Gasteiger partial charge in [0.2, 0.25) is 0 Å². The molecule has 6 nitrogen and oxygen atoms in total. The predicted octanol–water partition coefficient (Wildman–Crippen LogP) is 3.15. The Morgan fingerprint density at radius 2 is 1.77 bits per heavy atom. The molecule has 0 amide bonds. The zero-order valence-corrected chi connectivity index (χ0v) is 18.1. The normalized spacial score (nSPS) is 14.3. The fraction of sp³-hybridized carbons (Fsp3) is 0.632. The smallest absolute Gasteiger partial charge is 0.250 e. The minimum Gasteiger partial charge on any atom is -0.541 e. The Kier molecular flexibility index (Phi) is 7.11. The summed E-state index contributed by atoms with van der Waals surface area (Å²) < 4.78 is 17.6. The highest BCUT2D eigenvalue weighted by molar-refractivity contribution is 6.74. The van der Waals surface area contributed by atoms with Crippen LogP contribution in [0.1, 0.15) is 31.9 Å². The molecule has 146 valence electrons. The number of nitrogens with zero attached hydrogens (tertiary/aromatic N) is 1. The maximum atomic E-state index is 9.71. The molecular weight excluding hydrogens is 348 g/mol. The van der Waals surface area contributed by atoms with Crippen LogP contribution in [0.2, 0.25) is 18.1 Å². The second-order valence-electron chi connectivity index (χ2n) is 8.03. The highest BCUT2D eigenvalue weighted by Gasteiger charge is 2.40. The van der Waals surface area contributed by atoms with Crippen LogP contribution < -0.4 is 19.6 Å². The van der Waals surface area contributed by atoms with Gasteiger partial charge < -0.3 is 24.7 Å². The van der Waals surface area contributed by atoms with Gasteiger partial charge in [0, 0.05) is 11.6 Å². The topological polar surface area (TPSA) is 97.7 Å². The van der Waals surface area contributed by atoms with Gasteiger partial charge in [-0.25, -0.2) is 0 Å². The summed E-state index contributed by atoms with van der Waals surface area (Å²) >= 11 is 0. The Morgan fingerprint density at radius 1 is 1.23 bits per heavy atom. The van der Waals surface area contributed by atoms with Crippen LogP contribution in [-0.2, 0) is 6.42 Å². The number of rotatable bonds is 7. The molecule has 1 rings (SSSR count). The van der Waals surface area contributed by atoms with Gasteiger partial charge in [0.1, 0.15) is 11.5 Å². The van der Waals surface area contributed by atoms with Crippen LogP contribution >= 0.6 is 0 Å². The molecule has 0 aliphatic rings. The van der Waals surface area contributed by atoms with Crippen LogP contribution in [0.3, 0.4) is 0 Å². The third-order valence-electron chi connectivity index (χ3n) is 5.07. The van der Waals surface area contributed by atoms with Gasteiger partial charge in [-0.15, -0.1) is 0 Å². The average Bonchev–Trinajstić information content (AvgIpc) is 2.53. The molecule has 0 radical (unpaired) electrons. The summed E-state index contributed by atoms with van der Waals surface area (Å²) in [5.41, 5.74) is 7.54. The summed E-state index contributed by atoms with van der Waals surface area (Å²) in [6.07, 6.45) is -0.955. The van der Waals surface area contributed by atoms with Crippen molar-refractivity contribution in [1.82, 2.24) is 0 Å². The second kappa shape index (κ2) is 8.29. The van der Waals surface area contributed by atoms with Crippen molar-refractivity contribution in [2.45, 2.75) is 64.4 Å². The van der Waals surface area contributed by atoms with E-state index < -0.39 is 20.5 Å². The number of aliphatic hydroxyl groups excluding tert-OH is 1. The summed E-state index contributed by atoms with van der Waals surface area (Å²) in [4.78, 5) is 0. The van der Waals surface area contributed by atoms with Crippen molar-refractivity contribution in [3.63, 3.8) is 0 Å². The van der Waals surface area contributed by atoms with E-state index in [1.807, 2.05) is 13.0 Å². The number of methoxy groups -OCH3 is 2. The number of hydrogen-bond acceptors (Lipinski definition) is 6. The molecule has 7 heteroatoms. The first-order valence-electron chi connectivity index (χ1n) is 8.66. The lowest BCUT2D eigenvalue weighted by atomic mass is 9.98. The molecule has 0 bridgehead atoms. The highest BCUT2D eigenvalue weighted by atomic mass is 28.4. The van der Waals surface area contributed by atoms with Crippen molar-refractivity contribution in [3.8, 4) is 23.3 Å². The van der Waals surface area contributed by atoms with Crippen LogP contribution in [-0.4, -0.2) is 39.8 Å². The monoisotopic (exact) mass is 380 g/mol. The van der Waals surface area contributed by atoms with Crippen LogP contribution in [0.5, 0.6) is 17.2 Å². The van der Waals surface area contributed by atoms with Gasteiger partial charge >= 0.3 is 0 Å². The molecule has 1 unspecified atom stereocenters. The fourth-order valence-corrected chi connectivity index (χ4v) is 3.48. The first-order valence-corrected chi connectivity index (χ1v) is 11.6. The molecule has 0 aliphatic carbocycles. The lowest BCUT2D eigenvalue weighted by molar-refractivity contribution is 0.197. The number of hydrogen-bond donors (Lipinski definition) is 2. The van der Waals surface area contributed by atoms with Crippen molar-refractivity contribution in [3.05, 3.63) is 17.2 Å². The molecule has 0 aliphatic heterocycles. The van der Waals surface area contributed by atoms with E-state index in [-0.39, 0.29) is 11.5 Å². The number of ether oxygens (including phenoxy) is 2. The van der Waals surface area contributed by atoms with E-state index in [4.69, 9.17) is 24.9 Å². The van der Waals surface area contributed by atoms with Gasteiger partial charge in [0.25, 0.3) is 8.32 Å². The van der Waals surface area contributed by atoms with E-state index in [1.165, 1.54) is 0 Å². The van der Waals surface area contributed by atoms with Gasteiger partial charge in [0.05, 0.1) is 20.3 Å². The second-order valence-corrected chi connectivity index (χ2v) is 12.8. The van der Waals surface area contributed by atoms with E-state index in [1.54, 1.807) is 20.3 Å². The summed E-state index contributed by atoms with van der Waals surface area (Å²) in [5.74, 6) is 1.90. The minimum atomic E-state index is -2.09. The Balaban J connectivity index is 3.45. The minimum absolute atomic E-state index is 0.0272. The largest absolute Gasteiger partial charge is 0.541 e. The van der Waals surface area contributed by atoms with E-state index in [9.17, 15) is 5.11 Å². The SMILES string of the molecule is COc1c(C[C@H](N)C(O)C#N)cc(O[Si](C)(C)C(C)(C)C)c(OC)c1C. The number of benzene rings is 1. The lowest BCUT2D eigenvalue weighted by Crippen LogP contribution is -2.44. The van der Waals surface area contributed by atoms with E-state index in [2.05, 4.69) is 33.9 Å². The fourth-order valence-electron chi connectivity index (χ4n) is 2.47. The molecule has 0 saturated heterocycles. The first-order chi connectivity index (χ1) is 11.9. The van der Waals surface area contributed by atoms with Crippen LogP contribution in [0.15, 0.2) is 6.07 Å². The van der Waals surface area contributed by atoms with Crippen molar-refractivity contribution < 1.29 is 19.0 Å². The zero-order valence-electron chi connectivity index (χ0n) is 17.1. The number of nitrogens with two attached hydrogens (primary N) is 1. The van der Waals surface area contributed by atoms with Crippen molar-refractivity contribution >= 4 is 8.32 Å². The van der Waals surface area contributed by atoms with Crippen LogP contribution in [0, 0.1) is 18.3 Å². The molecule has 0 aromatic heterocycles. The molecule has 3 N–H and O–H groups in total. The van der Waals surface area contributed by atoms with Gasteiger partial charge in [-0.1, -0.05) is 20.8 Å². The Hall–Kier alpha value is -1.75. The Morgan fingerprint density at radius 3 is 2.19 bits per heavy atom. The Bertz CT molecular complexity index is 678. The van der Waals surface area contributed by atoms with Gasteiger partial charge in [-0.2, -0.15) is 5.26 Å². The summed E-state index contributed by atoms with van der Waals surface area (Å²) in [6.45, 7) is 12.7. The lowest BCUT2D eigenvalue weighted by Gasteiger charge is -2.37. The molecule has 1 aromatic carbocycles. The molecule has 2 atom stereocenters.